The zero-order valence-electron chi connectivity index (χ0n) is 11.3. The predicted octanol–water partition coefficient (Wildman–Crippen LogP) is 1.44. The fourth-order valence-electron chi connectivity index (χ4n) is 2.43. The lowest BCUT2D eigenvalue weighted by atomic mass is 9.88. The number of hydrogen-bond donors (Lipinski definition) is 2. The van der Waals surface area contributed by atoms with Crippen LogP contribution < -0.4 is 11.1 Å². The van der Waals surface area contributed by atoms with E-state index in [4.69, 9.17) is 10.5 Å². The molecule has 0 bridgehead atoms. The molecule has 1 aliphatic heterocycles. The van der Waals surface area contributed by atoms with Gasteiger partial charge in [-0.2, -0.15) is 0 Å². The highest BCUT2D eigenvalue weighted by atomic mass is 16.5. The Hall–Kier alpha value is -0.610. The summed E-state index contributed by atoms with van der Waals surface area (Å²) >= 11 is 0. The molecule has 0 saturated carbocycles. The van der Waals surface area contributed by atoms with Crippen molar-refractivity contribution in [3.05, 3.63) is 0 Å². The summed E-state index contributed by atoms with van der Waals surface area (Å²) in [5.74, 6) is 0.516. The first kappa shape index (κ1) is 14.5. The molecule has 1 fully saturated rings. The summed E-state index contributed by atoms with van der Waals surface area (Å²) in [5.41, 5.74) is 5.42. The lowest BCUT2D eigenvalue weighted by Gasteiger charge is -2.34. The third-order valence-electron chi connectivity index (χ3n) is 3.95. The van der Waals surface area contributed by atoms with Crippen LogP contribution in [-0.2, 0) is 9.53 Å². The Morgan fingerprint density at radius 2 is 1.88 bits per heavy atom. The second-order valence-electron chi connectivity index (χ2n) is 5.11. The van der Waals surface area contributed by atoms with Crippen LogP contribution in [0.25, 0.3) is 0 Å². The van der Waals surface area contributed by atoms with Gasteiger partial charge in [0.15, 0.2) is 0 Å². The van der Waals surface area contributed by atoms with E-state index >= 15 is 0 Å². The van der Waals surface area contributed by atoms with Crippen molar-refractivity contribution >= 4 is 5.91 Å². The molecule has 1 aliphatic rings. The molecule has 1 atom stereocenters. The summed E-state index contributed by atoms with van der Waals surface area (Å²) in [4.78, 5) is 12.2. The maximum absolute atomic E-state index is 12.2. The molecule has 1 unspecified atom stereocenters. The number of nitrogens with two attached hydrogens (primary N) is 1. The molecular weight excluding hydrogens is 216 g/mol. The van der Waals surface area contributed by atoms with E-state index in [1.807, 2.05) is 0 Å². The molecule has 0 aliphatic carbocycles. The van der Waals surface area contributed by atoms with Gasteiger partial charge in [0.05, 0.1) is 5.54 Å². The van der Waals surface area contributed by atoms with Gasteiger partial charge < -0.3 is 15.8 Å². The number of hydrogen-bond acceptors (Lipinski definition) is 3. The molecule has 0 spiro atoms. The van der Waals surface area contributed by atoms with E-state index in [2.05, 4.69) is 26.1 Å². The number of amides is 1. The molecule has 1 rings (SSSR count). The quantitative estimate of drug-likeness (QED) is 0.766. The van der Waals surface area contributed by atoms with Crippen molar-refractivity contribution in [3.8, 4) is 0 Å². The first-order valence-corrected chi connectivity index (χ1v) is 6.71. The van der Waals surface area contributed by atoms with Gasteiger partial charge in [-0.25, -0.2) is 0 Å². The molecule has 4 nitrogen and oxygen atoms in total. The molecule has 0 aromatic heterocycles. The Kier molecular flexibility index (Phi) is 5.40. The number of nitrogens with one attached hydrogen (secondary N) is 1. The SMILES string of the molecule is CCC(CC)C(C)NC(=O)C1(N)CCOCC1. The van der Waals surface area contributed by atoms with Crippen molar-refractivity contribution in [2.45, 2.75) is 58.0 Å². The lowest BCUT2D eigenvalue weighted by Crippen LogP contribution is -2.59. The largest absolute Gasteiger partial charge is 0.381 e. The highest BCUT2D eigenvalue weighted by Gasteiger charge is 2.36. The van der Waals surface area contributed by atoms with E-state index in [0.717, 1.165) is 12.8 Å². The highest BCUT2D eigenvalue weighted by Crippen LogP contribution is 2.19. The monoisotopic (exact) mass is 242 g/mol. The standard InChI is InChI=1S/C13H26N2O2/c1-4-11(5-2)10(3)15-12(16)13(14)6-8-17-9-7-13/h10-11H,4-9,14H2,1-3H3,(H,15,16). The number of rotatable bonds is 5. The van der Waals surface area contributed by atoms with Crippen LogP contribution in [0.15, 0.2) is 0 Å². The molecule has 100 valence electrons. The van der Waals surface area contributed by atoms with E-state index in [1.165, 1.54) is 0 Å². The Balaban J connectivity index is 2.52. The molecule has 1 heterocycles. The number of carbonyl (C=O) groups is 1. The fourth-order valence-corrected chi connectivity index (χ4v) is 2.43. The minimum absolute atomic E-state index is 0.0137. The summed E-state index contributed by atoms with van der Waals surface area (Å²) < 4.78 is 5.25. The highest BCUT2D eigenvalue weighted by molar-refractivity contribution is 5.86. The summed E-state index contributed by atoms with van der Waals surface area (Å²) in [6.45, 7) is 7.55. The van der Waals surface area contributed by atoms with Crippen molar-refractivity contribution in [1.29, 1.82) is 0 Å². The van der Waals surface area contributed by atoms with Gasteiger partial charge in [-0.05, 0) is 25.7 Å². The van der Waals surface area contributed by atoms with Gasteiger partial charge >= 0.3 is 0 Å². The summed E-state index contributed by atoms with van der Waals surface area (Å²) in [5, 5.41) is 3.07. The van der Waals surface area contributed by atoms with Gasteiger partial charge in [0.25, 0.3) is 0 Å². The topological polar surface area (TPSA) is 64.4 Å². The van der Waals surface area contributed by atoms with Gasteiger partial charge in [0.1, 0.15) is 0 Å². The normalized spacial score (nSPS) is 21.2. The number of carbonyl (C=O) groups excluding carboxylic acids is 1. The zero-order chi connectivity index (χ0) is 12.9. The van der Waals surface area contributed by atoms with Gasteiger partial charge in [0, 0.05) is 19.3 Å². The Morgan fingerprint density at radius 1 is 1.35 bits per heavy atom. The van der Waals surface area contributed by atoms with Crippen LogP contribution in [0.3, 0.4) is 0 Å². The van der Waals surface area contributed by atoms with Crippen LogP contribution in [0.2, 0.25) is 0 Å². The van der Waals surface area contributed by atoms with E-state index in [1.54, 1.807) is 0 Å². The summed E-state index contributed by atoms with van der Waals surface area (Å²) in [6.07, 6.45) is 3.40. The third kappa shape index (κ3) is 3.68. The zero-order valence-corrected chi connectivity index (χ0v) is 11.3. The van der Waals surface area contributed by atoms with Crippen LogP contribution in [-0.4, -0.2) is 30.7 Å². The van der Waals surface area contributed by atoms with Crippen molar-refractivity contribution in [1.82, 2.24) is 5.32 Å². The molecule has 4 heteroatoms. The minimum Gasteiger partial charge on any atom is -0.381 e. The maximum Gasteiger partial charge on any atom is 0.240 e. The third-order valence-corrected chi connectivity index (χ3v) is 3.95. The fraction of sp³-hybridized carbons (Fsp3) is 0.923. The average Bonchev–Trinajstić information content (AvgIpc) is 2.31. The van der Waals surface area contributed by atoms with Crippen LogP contribution in [0, 0.1) is 5.92 Å². The average molecular weight is 242 g/mol. The van der Waals surface area contributed by atoms with Crippen LogP contribution in [0.1, 0.15) is 46.5 Å². The van der Waals surface area contributed by atoms with Gasteiger partial charge in [-0.1, -0.05) is 26.7 Å². The molecule has 0 aromatic rings. The van der Waals surface area contributed by atoms with Crippen LogP contribution in [0.4, 0.5) is 0 Å². The van der Waals surface area contributed by atoms with Gasteiger partial charge in [-0.3, -0.25) is 4.79 Å². The van der Waals surface area contributed by atoms with Crippen molar-refractivity contribution < 1.29 is 9.53 Å². The van der Waals surface area contributed by atoms with E-state index in [-0.39, 0.29) is 11.9 Å². The number of ether oxygens (including phenoxy) is 1. The van der Waals surface area contributed by atoms with Crippen molar-refractivity contribution in [2.75, 3.05) is 13.2 Å². The molecular formula is C13H26N2O2. The second kappa shape index (κ2) is 6.36. The van der Waals surface area contributed by atoms with E-state index in [9.17, 15) is 4.79 Å². The molecule has 1 amide bonds. The lowest BCUT2D eigenvalue weighted by molar-refractivity contribution is -0.130. The summed E-state index contributed by atoms with van der Waals surface area (Å²) in [7, 11) is 0. The molecule has 0 aromatic carbocycles. The summed E-state index contributed by atoms with van der Waals surface area (Å²) in [6, 6.07) is 0.195. The minimum atomic E-state index is -0.724. The first-order valence-electron chi connectivity index (χ1n) is 6.71. The Bertz CT molecular complexity index is 246. The predicted molar refractivity (Wildman–Crippen MR) is 68.6 cm³/mol. The second-order valence-corrected chi connectivity index (χ2v) is 5.11. The van der Waals surface area contributed by atoms with Gasteiger partial charge in [0.2, 0.25) is 5.91 Å². The Morgan fingerprint density at radius 3 is 2.35 bits per heavy atom. The van der Waals surface area contributed by atoms with Crippen LogP contribution >= 0.6 is 0 Å². The van der Waals surface area contributed by atoms with Gasteiger partial charge in [-0.15, -0.1) is 0 Å². The Labute approximate surface area is 104 Å². The first-order chi connectivity index (χ1) is 8.03. The molecule has 3 N–H and O–H groups in total. The van der Waals surface area contributed by atoms with Crippen molar-refractivity contribution in [3.63, 3.8) is 0 Å². The maximum atomic E-state index is 12.2. The van der Waals surface area contributed by atoms with E-state index < -0.39 is 5.54 Å². The molecule has 1 saturated heterocycles. The molecule has 0 radical (unpaired) electrons. The van der Waals surface area contributed by atoms with Crippen molar-refractivity contribution in [2.24, 2.45) is 11.7 Å². The smallest absolute Gasteiger partial charge is 0.240 e. The van der Waals surface area contributed by atoms with Crippen LogP contribution in [0.5, 0.6) is 0 Å². The molecule has 17 heavy (non-hydrogen) atoms. The van der Waals surface area contributed by atoms with E-state index in [0.29, 0.717) is 32.0 Å².